The molecule has 1 aromatic rings. The first-order valence-corrected chi connectivity index (χ1v) is 6.55. The third-order valence-corrected chi connectivity index (χ3v) is 2.69. The van der Waals surface area contributed by atoms with E-state index in [1.165, 1.54) is 4.90 Å². The van der Waals surface area contributed by atoms with Gasteiger partial charge in [0.2, 0.25) is 11.8 Å². The van der Waals surface area contributed by atoms with Crippen LogP contribution in [0.2, 0.25) is 0 Å². The predicted molar refractivity (Wildman–Crippen MR) is 77.1 cm³/mol. The van der Waals surface area contributed by atoms with E-state index in [4.69, 9.17) is 0 Å². The molecule has 0 spiro atoms. The zero-order valence-electron chi connectivity index (χ0n) is 12.2. The lowest BCUT2D eigenvalue weighted by molar-refractivity contribution is -0.133. The molecule has 0 atom stereocenters. The van der Waals surface area contributed by atoms with Crippen molar-refractivity contribution in [2.24, 2.45) is 0 Å². The number of amides is 2. The maximum absolute atomic E-state index is 11.8. The average Bonchev–Trinajstić information content (AvgIpc) is 2.35. The molecule has 0 radical (unpaired) electrons. The number of nitrogens with one attached hydrogen (secondary N) is 1. The first-order chi connectivity index (χ1) is 9.28. The van der Waals surface area contributed by atoms with Crippen molar-refractivity contribution in [3.8, 4) is 0 Å². The van der Waals surface area contributed by atoms with Crippen LogP contribution in [0, 0.1) is 0 Å². The van der Waals surface area contributed by atoms with Crippen molar-refractivity contribution in [3.05, 3.63) is 35.9 Å². The van der Waals surface area contributed by atoms with Gasteiger partial charge in [-0.3, -0.25) is 9.59 Å². The molecular formula is C15H22N2O3. The molecule has 0 saturated carbocycles. The second-order valence-electron chi connectivity index (χ2n) is 5.50. The third-order valence-electron chi connectivity index (χ3n) is 2.69. The maximum Gasteiger partial charge on any atom is 0.241 e. The van der Waals surface area contributed by atoms with Crippen molar-refractivity contribution in [1.82, 2.24) is 10.2 Å². The number of carbonyl (C=O) groups excluding carboxylic acids is 2. The minimum atomic E-state index is -0.946. The van der Waals surface area contributed by atoms with Gasteiger partial charge in [-0.2, -0.15) is 0 Å². The van der Waals surface area contributed by atoms with Crippen LogP contribution in [0.1, 0.15) is 19.4 Å². The highest BCUT2D eigenvalue weighted by Gasteiger charge is 2.19. The van der Waals surface area contributed by atoms with E-state index in [1.807, 2.05) is 30.3 Å². The number of hydrogen-bond donors (Lipinski definition) is 2. The van der Waals surface area contributed by atoms with E-state index in [-0.39, 0.29) is 31.3 Å². The van der Waals surface area contributed by atoms with Crippen LogP contribution in [0.3, 0.4) is 0 Å². The van der Waals surface area contributed by atoms with Crippen molar-refractivity contribution >= 4 is 11.8 Å². The van der Waals surface area contributed by atoms with E-state index in [9.17, 15) is 14.7 Å². The molecule has 5 heteroatoms. The molecule has 0 fully saturated rings. The van der Waals surface area contributed by atoms with Crippen LogP contribution in [0.4, 0.5) is 0 Å². The van der Waals surface area contributed by atoms with Crippen LogP contribution >= 0.6 is 0 Å². The Labute approximate surface area is 119 Å². The highest BCUT2D eigenvalue weighted by Crippen LogP contribution is 2.03. The van der Waals surface area contributed by atoms with Crippen molar-refractivity contribution in [2.45, 2.75) is 25.9 Å². The molecule has 1 rings (SSSR count). The molecule has 0 heterocycles. The number of benzene rings is 1. The molecule has 1 aromatic carbocycles. The normalized spacial score (nSPS) is 11.0. The van der Waals surface area contributed by atoms with E-state index in [1.54, 1.807) is 20.9 Å². The smallest absolute Gasteiger partial charge is 0.241 e. The molecule has 0 aliphatic carbocycles. The maximum atomic E-state index is 11.8. The number of carbonyl (C=O) groups is 2. The van der Waals surface area contributed by atoms with E-state index in [2.05, 4.69) is 5.32 Å². The van der Waals surface area contributed by atoms with Crippen LogP contribution in [0.15, 0.2) is 30.3 Å². The van der Waals surface area contributed by atoms with Gasteiger partial charge in [0.15, 0.2) is 0 Å². The van der Waals surface area contributed by atoms with E-state index in [0.717, 1.165) is 5.56 Å². The largest absolute Gasteiger partial charge is 0.389 e. The number of aliphatic hydroxyl groups is 1. The number of hydrogen-bond acceptors (Lipinski definition) is 3. The summed E-state index contributed by atoms with van der Waals surface area (Å²) < 4.78 is 0. The molecule has 2 N–H and O–H groups in total. The highest BCUT2D eigenvalue weighted by atomic mass is 16.3. The topological polar surface area (TPSA) is 69.6 Å². The van der Waals surface area contributed by atoms with Gasteiger partial charge in [0.1, 0.15) is 0 Å². The van der Waals surface area contributed by atoms with Crippen LogP contribution in [-0.4, -0.2) is 47.6 Å². The zero-order chi connectivity index (χ0) is 15.2. The summed E-state index contributed by atoms with van der Waals surface area (Å²) in [5.74, 6) is -0.422. The monoisotopic (exact) mass is 278 g/mol. The summed E-state index contributed by atoms with van der Waals surface area (Å²) in [6.45, 7) is 3.42. The lowest BCUT2D eigenvalue weighted by Gasteiger charge is -2.25. The quantitative estimate of drug-likeness (QED) is 0.799. The van der Waals surface area contributed by atoms with Crippen LogP contribution in [-0.2, 0) is 16.0 Å². The Kier molecular flexibility index (Phi) is 5.70. The summed E-state index contributed by atoms with van der Waals surface area (Å²) in [6.07, 6.45) is 0.253. The summed E-state index contributed by atoms with van der Waals surface area (Å²) in [4.78, 5) is 24.9. The van der Waals surface area contributed by atoms with E-state index in [0.29, 0.717) is 0 Å². The summed E-state index contributed by atoms with van der Waals surface area (Å²) in [5.41, 5.74) is -0.0411. The fourth-order valence-corrected chi connectivity index (χ4v) is 1.82. The van der Waals surface area contributed by atoms with Gasteiger partial charge in [0.25, 0.3) is 0 Å². The van der Waals surface area contributed by atoms with Crippen molar-refractivity contribution in [1.29, 1.82) is 0 Å². The molecule has 0 aliphatic rings. The van der Waals surface area contributed by atoms with Crippen LogP contribution in [0.25, 0.3) is 0 Å². The van der Waals surface area contributed by atoms with Gasteiger partial charge < -0.3 is 15.3 Å². The fraction of sp³-hybridized carbons (Fsp3) is 0.467. The molecule has 0 bridgehead atoms. The number of rotatable bonds is 6. The second kappa shape index (κ2) is 7.05. The lowest BCUT2D eigenvalue weighted by Crippen LogP contribution is -2.44. The summed E-state index contributed by atoms with van der Waals surface area (Å²) in [7, 11) is 1.60. The summed E-state index contributed by atoms with van der Waals surface area (Å²) >= 11 is 0. The van der Waals surface area contributed by atoms with Crippen molar-refractivity contribution in [2.75, 3.05) is 20.1 Å². The standard InChI is InChI=1S/C15H22N2O3/c1-15(2,20)11-17(3)14(19)10-16-13(18)9-12-7-5-4-6-8-12/h4-8,20H,9-11H2,1-3H3,(H,16,18). The predicted octanol–water partition coefficient (Wildman–Crippen LogP) is 0.575. The minimum Gasteiger partial charge on any atom is -0.389 e. The molecule has 5 nitrogen and oxygen atoms in total. The Morgan fingerprint density at radius 2 is 1.85 bits per heavy atom. The Balaban J connectivity index is 2.35. The summed E-state index contributed by atoms with van der Waals surface area (Å²) in [5, 5.41) is 12.2. The van der Waals surface area contributed by atoms with Gasteiger partial charge in [0.05, 0.1) is 18.6 Å². The van der Waals surface area contributed by atoms with Crippen LogP contribution in [0.5, 0.6) is 0 Å². The first-order valence-electron chi connectivity index (χ1n) is 6.55. The minimum absolute atomic E-state index is 0.0573. The zero-order valence-corrected chi connectivity index (χ0v) is 12.2. The Hall–Kier alpha value is -1.88. The third kappa shape index (κ3) is 6.33. The molecule has 110 valence electrons. The van der Waals surface area contributed by atoms with Gasteiger partial charge in [-0.1, -0.05) is 30.3 Å². The van der Waals surface area contributed by atoms with E-state index < -0.39 is 5.60 Å². The molecular weight excluding hydrogens is 256 g/mol. The SMILES string of the molecule is CN(CC(C)(C)O)C(=O)CNC(=O)Cc1ccccc1. The average molecular weight is 278 g/mol. The fourth-order valence-electron chi connectivity index (χ4n) is 1.82. The Morgan fingerprint density at radius 1 is 1.25 bits per heavy atom. The lowest BCUT2D eigenvalue weighted by atomic mass is 10.1. The molecule has 0 aromatic heterocycles. The molecule has 0 aliphatic heterocycles. The molecule has 0 unspecified atom stereocenters. The highest BCUT2D eigenvalue weighted by molar-refractivity contribution is 5.85. The number of nitrogens with zero attached hydrogens (tertiary/aromatic N) is 1. The number of likely N-dealkylation sites (N-methyl/N-ethyl adjacent to an activating group) is 1. The first kappa shape index (κ1) is 16.2. The Morgan fingerprint density at radius 3 is 2.40 bits per heavy atom. The van der Waals surface area contributed by atoms with Gasteiger partial charge in [-0.15, -0.1) is 0 Å². The molecule has 0 saturated heterocycles. The molecule has 20 heavy (non-hydrogen) atoms. The van der Waals surface area contributed by atoms with Gasteiger partial charge in [-0.25, -0.2) is 0 Å². The van der Waals surface area contributed by atoms with Crippen molar-refractivity contribution < 1.29 is 14.7 Å². The van der Waals surface area contributed by atoms with Crippen molar-refractivity contribution in [3.63, 3.8) is 0 Å². The van der Waals surface area contributed by atoms with Gasteiger partial charge >= 0.3 is 0 Å². The molecule has 2 amide bonds. The van der Waals surface area contributed by atoms with E-state index >= 15 is 0 Å². The van der Waals surface area contributed by atoms with Crippen LogP contribution < -0.4 is 5.32 Å². The van der Waals surface area contributed by atoms with Gasteiger partial charge in [-0.05, 0) is 19.4 Å². The second-order valence-corrected chi connectivity index (χ2v) is 5.50. The summed E-state index contributed by atoms with van der Waals surface area (Å²) in [6, 6.07) is 9.34. The van der Waals surface area contributed by atoms with Gasteiger partial charge in [0, 0.05) is 13.6 Å². The Bertz CT molecular complexity index is 452.